The van der Waals surface area contributed by atoms with Crippen LogP contribution in [0.25, 0.3) is 11.1 Å². The lowest BCUT2D eigenvalue weighted by Gasteiger charge is -2.20. The lowest BCUT2D eigenvalue weighted by Crippen LogP contribution is -2.32. The number of rotatable bonds is 2. The summed E-state index contributed by atoms with van der Waals surface area (Å²) in [6.45, 7) is 7.49. The first kappa shape index (κ1) is 24.9. The van der Waals surface area contributed by atoms with Crippen molar-refractivity contribution in [1.29, 1.82) is 0 Å². The average Bonchev–Trinajstić information content (AvgIpc) is 2.77. The summed E-state index contributed by atoms with van der Waals surface area (Å²) < 4.78 is 34.6. The van der Waals surface area contributed by atoms with Crippen LogP contribution in [-0.2, 0) is 33.3 Å². The van der Waals surface area contributed by atoms with E-state index in [1.54, 1.807) is 26.1 Å². The molecule has 0 saturated heterocycles. The van der Waals surface area contributed by atoms with Crippen LogP contribution in [0.4, 0.5) is 0 Å². The molecule has 8 heteroatoms. The molecule has 0 unspecified atom stereocenters. The lowest BCUT2D eigenvalue weighted by atomic mass is 9.88. The molecule has 4 bridgehead atoms. The number of sulfonamides is 1. The Labute approximate surface area is 206 Å². The Morgan fingerprint density at radius 3 is 2.60 bits per heavy atom. The normalized spacial score (nSPS) is 15.9. The third-order valence-electron chi connectivity index (χ3n) is 6.09. The summed E-state index contributed by atoms with van der Waals surface area (Å²) in [5.41, 5.74) is 3.21. The number of benzene rings is 2. The summed E-state index contributed by atoms with van der Waals surface area (Å²) in [6, 6.07) is 14.1. The van der Waals surface area contributed by atoms with Gasteiger partial charge in [-0.15, -0.1) is 0 Å². The Kier molecular flexibility index (Phi) is 6.71. The van der Waals surface area contributed by atoms with E-state index in [9.17, 15) is 18.3 Å². The Hall–Kier alpha value is -3.23. The number of fused-ring (bicyclic) bond motifs is 6. The molecule has 0 radical (unpaired) electrons. The van der Waals surface area contributed by atoms with Crippen LogP contribution in [0.3, 0.4) is 0 Å². The Balaban J connectivity index is 1.87. The molecule has 184 valence electrons. The van der Waals surface area contributed by atoms with Crippen molar-refractivity contribution in [2.75, 3.05) is 6.61 Å². The maximum absolute atomic E-state index is 13.2. The third-order valence-corrected chi connectivity index (χ3v) is 7.44. The highest BCUT2D eigenvalue weighted by atomic mass is 32.2. The van der Waals surface area contributed by atoms with E-state index >= 15 is 0 Å². The first-order valence-corrected chi connectivity index (χ1v) is 13.1. The smallest absolute Gasteiger partial charge is 0.264 e. The fourth-order valence-corrected chi connectivity index (χ4v) is 5.34. The van der Waals surface area contributed by atoms with E-state index in [1.165, 1.54) is 12.1 Å². The molecule has 1 amide bonds. The van der Waals surface area contributed by atoms with Crippen LogP contribution in [0.1, 0.15) is 55.9 Å². The molecule has 0 fully saturated rings. The summed E-state index contributed by atoms with van der Waals surface area (Å²) >= 11 is 0. The summed E-state index contributed by atoms with van der Waals surface area (Å²) in [6.07, 6.45) is 1.94. The predicted octanol–water partition coefficient (Wildman–Crippen LogP) is 4.08. The van der Waals surface area contributed by atoms with Gasteiger partial charge in [0.1, 0.15) is 0 Å². The van der Waals surface area contributed by atoms with Gasteiger partial charge in [-0.25, -0.2) is 18.1 Å². The second kappa shape index (κ2) is 9.43. The summed E-state index contributed by atoms with van der Waals surface area (Å²) in [4.78, 5) is 17.3. The number of carbonyl (C=O) groups is 1. The molecule has 1 aromatic heterocycles. The van der Waals surface area contributed by atoms with Gasteiger partial charge >= 0.3 is 0 Å². The van der Waals surface area contributed by atoms with Crippen LogP contribution < -0.4 is 9.46 Å². The minimum atomic E-state index is -4.17. The highest BCUT2D eigenvalue weighted by Crippen LogP contribution is 2.32. The second-order valence-corrected chi connectivity index (χ2v) is 11.3. The number of amides is 1. The highest BCUT2D eigenvalue weighted by Gasteiger charge is 2.25. The van der Waals surface area contributed by atoms with Crippen molar-refractivity contribution in [3.8, 4) is 17.0 Å². The van der Waals surface area contributed by atoms with E-state index in [4.69, 9.17) is 4.74 Å². The first-order chi connectivity index (χ1) is 16.4. The molecule has 4 rings (SSSR count). The number of nitrogens with zero attached hydrogens (tertiary/aromatic N) is 1. The van der Waals surface area contributed by atoms with Gasteiger partial charge in [0.2, 0.25) is 11.8 Å². The molecule has 0 saturated carbocycles. The van der Waals surface area contributed by atoms with Crippen LogP contribution in [0.15, 0.2) is 59.6 Å². The van der Waals surface area contributed by atoms with Crippen LogP contribution in [0, 0.1) is 0 Å². The molecule has 1 aliphatic heterocycles. The van der Waals surface area contributed by atoms with E-state index in [-0.39, 0.29) is 23.8 Å². The van der Waals surface area contributed by atoms with Crippen LogP contribution >= 0.6 is 0 Å². The third kappa shape index (κ3) is 5.55. The largest absolute Gasteiger partial charge is 0.477 e. The summed E-state index contributed by atoms with van der Waals surface area (Å²) in [5.74, 6) is -0.0656. The molecule has 2 aromatic carbocycles. The molecular formula is C27H30N2O5S. The van der Waals surface area contributed by atoms with Gasteiger partial charge < -0.3 is 9.84 Å². The van der Waals surface area contributed by atoms with Gasteiger partial charge in [0.25, 0.3) is 10.0 Å². The van der Waals surface area contributed by atoms with Crippen LogP contribution in [0.5, 0.6) is 5.88 Å². The molecule has 1 aliphatic rings. The van der Waals surface area contributed by atoms with Gasteiger partial charge in [0.05, 0.1) is 23.5 Å². The van der Waals surface area contributed by atoms with E-state index in [0.29, 0.717) is 23.4 Å². The molecular weight excluding hydrogens is 464 g/mol. The van der Waals surface area contributed by atoms with Gasteiger partial charge in [-0.1, -0.05) is 38.1 Å². The van der Waals surface area contributed by atoms with E-state index in [1.807, 2.05) is 44.2 Å². The van der Waals surface area contributed by atoms with Crippen LogP contribution in [0.2, 0.25) is 0 Å². The monoisotopic (exact) mass is 494 g/mol. The zero-order chi connectivity index (χ0) is 25.4. The lowest BCUT2D eigenvalue weighted by molar-refractivity contribution is -0.118. The number of ether oxygens (including phenoxy) is 1. The zero-order valence-electron chi connectivity index (χ0n) is 20.3. The van der Waals surface area contributed by atoms with E-state index in [2.05, 4.69) is 9.71 Å². The minimum Gasteiger partial charge on any atom is -0.477 e. The summed E-state index contributed by atoms with van der Waals surface area (Å²) in [7, 11) is -4.17. The molecule has 2 N–H and O–H groups in total. The van der Waals surface area contributed by atoms with Crippen molar-refractivity contribution in [2.24, 2.45) is 0 Å². The fourth-order valence-electron chi connectivity index (χ4n) is 4.26. The Morgan fingerprint density at radius 2 is 1.89 bits per heavy atom. The molecule has 0 aliphatic carbocycles. The predicted molar refractivity (Wildman–Crippen MR) is 134 cm³/mol. The topological polar surface area (TPSA) is 106 Å². The quantitative estimate of drug-likeness (QED) is 0.556. The number of hydrogen-bond acceptors (Lipinski definition) is 6. The van der Waals surface area contributed by atoms with Crippen molar-refractivity contribution in [3.05, 3.63) is 77.0 Å². The number of hydrogen-bond donors (Lipinski definition) is 2. The van der Waals surface area contributed by atoms with Gasteiger partial charge in [0.15, 0.2) is 0 Å². The number of aromatic nitrogens is 1. The zero-order valence-corrected chi connectivity index (χ0v) is 21.1. The second-order valence-electron chi connectivity index (χ2n) is 9.64. The van der Waals surface area contributed by atoms with Crippen molar-refractivity contribution in [2.45, 2.75) is 57.0 Å². The van der Waals surface area contributed by atoms with Crippen molar-refractivity contribution in [3.63, 3.8) is 0 Å². The van der Waals surface area contributed by atoms with E-state index < -0.39 is 21.5 Å². The number of aliphatic hydroxyl groups is 1. The Morgan fingerprint density at radius 1 is 1.11 bits per heavy atom. The molecule has 3 aromatic rings. The number of carbonyl (C=O) groups excluding carboxylic acids is 1. The Bertz CT molecular complexity index is 1370. The van der Waals surface area contributed by atoms with Gasteiger partial charge in [-0.3, -0.25) is 4.79 Å². The average molecular weight is 495 g/mol. The van der Waals surface area contributed by atoms with E-state index in [0.717, 1.165) is 22.3 Å². The van der Waals surface area contributed by atoms with Crippen molar-refractivity contribution in [1.82, 2.24) is 9.71 Å². The van der Waals surface area contributed by atoms with Crippen molar-refractivity contribution >= 4 is 15.9 Å². The van der Waals surface area contributed by atoms with Crippen molar-refractivity contribution < 1.29 is 23.1 Å². The SMILES string of the molecule is CC(C)c1cccc2c1CC(=O)NS(=O)(=O)c1cc(cc(C(C)(C)O)c1)CCOc1cc-2ccn1. The molecule has 35 heavy (non-hydrogen) atoms. The maximum Gasteiger partial charge on any atom is 0.264 e. The number of pyridine rings is 1. The maximum atomic E-state index is 13.2. The summed E-state index contributed by atoms with van der Waals surface area (Å²) in [5, 5.41) is 10.5. The molecule has 7 nitrogen and oxygen atoms in total. The number of nitrogens with one attached hydrogen (secondary N) is 1. The highest BCUT2D eigenvalue weighted by molar-refractivity contribution is 7.90. The van der Waals surface area contributed by atoms with Gasteiger partial charge in [-0.05, 0) is 71.3 Å². The van der Waals surface area contributed by atoms with Gasteiger partial charge in [0, 0.05) is 18.7 Å². The molecule has 2 heterocycles. The minimum absolute atomic E-state index is 0.0774. The first-order valence-electron chi connectivity index (χ1n) is 11.6. The van der Waals surface area contributed by atoms with Gasteiger partial charge in [-0.2, -0.15) is 0 Å². The fraction of sp³-hybridized carbons (Fsp3) is 0.333. The standard InChI is InChI=1S/C27H30N2O5S/c1-17(2)22-6-5-7-23-19-8-10-28-26(14-19)34-11-9-18-12-20(27(3,4)31)15-21(13-18)35(32,33)29-25(30)16-24(22)23/h5-8,10,12-15,17,31H,9,11,16H2,1-4H3,(H,29,30). The molecule has 0 spiro atoms. The molecule has 0 atom stereocenters. The van der Waals surface area contributed by atoms with Crippen LogP contribution in [-0.4, -0.2) is 31.0 Å².